The normalized spacial score (nSPS) is 14.8. The fourth-order valence-corrected chi connectivity index (χ4v) is 1.32. The molecule has 0 aliphatic heterocycles. The molecule has 0 aliphatic carbocycles. The zero-order valence-electron chi connectivity index (χ0n) is 10.00. The lowest BCUT2D eigenvalue weighted by molar-refractivity contribution is -0.175. The number of halogens is 6. The summed E-state index contributed by atoms with van der Waals surface area (Å²) in [7, 11) is 0. The number of alkyl halides is 6. The fraction of sp³-hybridized carbons (Fsp3) is 1.00. The Balaban J connectivity index is 3.93. The minimum absolute atomic E-state index is 0.102. The first kappa shape index (κ1) is 17.5. The van der Waals surface area contributed by atoms with Crippen LogP contribution in [0.2, 0.25) is 0 Å². The molecule has 2 nitrogen and oxygen atoms in total. The molecule has 0 aliphatic rings. The van der Waals surface area contributed by atoms with Crippen LogP contribution in [0.5, 0.6) is 0 Å². The third-order valence-electron chi connectivity index (χ3n) is 2.04. The van der Waals surface area contributed by atoms with Crippen molar-refractivity contribution in [3.05, 3.63) is 0 Å². The lowest BCUT2D eigenvalue weighted by Gasteiger charge is -2.20. The van der Waals surface area contributed by atoms with Gasteiger partial charge in [-0.15, -0.1) is 0 Å². The summed E-state index contributed by atoms with van der Waals surface area (Å²) in [4.78, 5) is 0. The molecular weight excluding hydrogens is 264 g/mol. The van der Waals surface area contributed by atoms with Gasteiger partial charge in [0.15, 0.2) is 0 Å². The average Bonchev–Trinajstić information content (AvgIpc) is 2.17. The molecule has 0 aromatic carbocycles. The Hall–Kier alpha value is -0.500. The van der Waals surface area contributed by atoms with Gasteiger partial charge >= 0.3 is 12.4 Å². The zero-order chi connectivity index (χ0) is 14.2. The molecule has 0 saturated heterocycles. The van der Waals surface area contributed by atoms with Crippen molar-refractivity contribution in [2.45, 2.75) is 44.6 Å². The van der Waals surface area contributed by atoms with E-state index in [0.29, 0.717) is 13.0 Å². The maximum Gasteiger partial charge on any atom is 0.411 e. The SMILES string of the molecule is CCCNC(CCOCC(F)(F)F)CC(F)(F)F. The second-order valence-electron chi connectivity index (χ2n) is 3.93. The number of ether oxygens (including phenoxy) is 1. The predicted octanol–water partition coefficient (Wildman–Crippen LogP) is 3.28. The summed E-state index contributed by atoms with van der Waals surface area (Å²) in [6, 6.07) is -0.904. The van der Waals surface area contributed by atoms with Crippen LogP contribution in [-0.2, 0) is 4.74 Å². The first-order chi connectivity index (χ1) is 8.14. The lowest BCUT2D eigenvalue weighted by Crippen LogP contribution is -2.35. The Labute approximate surface area is 102 Å². The number of hydrogen-bond donors (Lipinski definition) is 1. The maximum atomic E-state index is 12.2. The molecule has 0 rings (SSSR count). The molecule has 0 aromatic heterocycles. The van der Waals surface area contributed by atoms with Crippen molar-refractivity contribution in [2.75, 3.05) is 19.8 Å². The van der Waals surface area contributed by atoms with E-state index >= 15 is 0 Å². The topological polar surface area (TPSA) is 21.3 Å². The summed E-state index contributed by atoms with van der Waals surface area (Å²) in [5.41, 5.74) is 0. The van der Waals surface area contributed by atoms with E-state index in [1.807, 2.05) is 0 Å². The van der Waals surface area contributed by atoms with Crippen LogP contribution in [0, 0.1) is 0 Å². The van der Waals surface area contributed by atoms with Crippen LogP contribution < -0.4 is 5.32 Å². The number of hydrogen-bond acceptors (Lipinski definition) is 2. The molecule has 8 heteroatoms. The van der Waals surface area contributed by atoms with Gasteiger partial charge in [0, 0.05) is 12.6 Å². The minimum Gasteiger partial charge on any atom is -0.372 e. The molecule has 18 heavy (non-hydrogen) atoms. The van der Waals surface area contributed by atoms with Crippen LogP contribution in [0.3, 0.4) is 0 Å². The Bertz CT molecular complexity index is 215. The van der Waals surface area contributed by atoms with E-state index in [4.69, 9.17) is 0 Å². The molecule has 1 N–H and O–H groups in total. The molecule has 0 fully saturated rings. The van der Waals surface area contributed by atoms with Gasteiger partial charge in [-0.25, -0.2) is 0 Å². The Kier molecular flexibility index (Phi) is 7.61. The van der Waals surface area contributed by atoms with Crippen LogP contribution in [-0.4, -0.2) is 38.2 Å². The summed E-state index contributed by atoms with van der Waals surface area (Å²) in [6.45, 7) is 0.397. The lowest BCUT2D eigenvalue weighted by atomic mass is 10.1. The standard InChI is InChI=1S/C10H17F6NO/c1-2-4-17-8(6-9(11,12)13)3-5-18-7-10(14,15)16/h8,17H,2-7H2,1H3. The fourth-order valence-electron chi connectivity index (χ4n) is 1.32. The van der Waals surface area contributed by atoms with Crippen molar-refractivity contribution in [1.82, 2.24) is 5.32 Å². The predicted molar refractivity (Wildman–Crippen MR) is 54.2 cm³/mol. The van der Waals surface area contributed by atoms with Crippen molar-refractivity contribution in [1.29, 1.82) is 0 Å². The van der Waals surface area contributed by atoms with Gasteiger partial charge in [-0.3, -0.25) is 0 Å². The van der Waals surface area contributed by atoms with Crippen molar-refractivity contribution in [3.63, 3.8) is 0 Å². The highest BCUT2D eigenvalue weighted by molar-refractivity contribution is 4.70. The highest BCUT2D eigenvalue weighted by atomic mass is 19.4. The third kappa shape index (κ3) is 12.0. The number of rotatable bonds is 8. The Morgan fingerprint density at radius 3 is 2.11 bits per heavy atom. The molecular formula is C10H17F6NO. The third-order valence-corrected chi connectivity index (χ3v) is 2.04. The van der Waals surface area contributed by atoms with E-state index in [-0.39, 0.29) is 13.0 Å². The van der Waals surface area contributed by atoms with E-state index in [9.17, 15) is 26.3 Å². The number of nitrogens with one attached hydrogen (secondary N) is 1. The van der Waals surface area contributed by atoms with Gasteiger partial charge in [-0.05, 0) is 19.4 Å². The minimum atomic E-state index is -4.45. The second kappa shape index (κ2) is 7.83. The molecule has 0 heterocycles. The van der Waals surface area contributed by atoms with Crippen molar-refractivity contribution >= 4 is 0 Å². The van der Waals surface area contributed by atoms with E-state index < -0.39 is 31.4 Å². The van der Waals surface area contributed by atoms with Crippen LogP contribution in [0.15, 0.2) is 0 Å². The zero-order valence-corrected chi connectivity index (χ0v) is 10.00. The Morgan fingerprint density at radius 1 is 1.06 bits per heavy atom. The van der Waals surface area contributed by atoms with E-state index in [2.05, 4.69) is 10.1 Å². The van der Waals surface area contributed by atoms with Gasteiger partial charge in [-0.1, -0.05) is 6.92 Å². The van der Waals surface area contributed by atoms with Crippen LogP contribution >= 0.6 is 0 Å². The first-order valence-electron chi connectivity index (χ1n) is 5.58. The molecule has 0 saturated carbocycles. The highest BCUT2D eigenvalue weighted by Crippen LogP contribution is 2.23. The Morgan fingerprint density at radius 2 is 1.67 bits per heavy atom. The molecule has 0 spiro atoms. The van der Waals surface area contributed by atoms with Crippen LogP contribution in [0.4, 0.5) is 26.3 Å². The average molecular weight is 281 g/mol. The van der Waals surface area contributed by atoms with Gasteiger partial charge in [0.2, 0.25) is 0 Å². The van der Waals surface area contributed by atoms with Crippen molar-refractivity contribution in [2.24, 2.45) is 0 Å². The molecule has 0 aromatic rings. The van der Waals surface area contributed by atoms with Gasteiger partial charge in [-0.2, -0.15) is 26.3 Å². The summed E-state index contributed by atoms with van der Waals surface area (Å²) >= 11 is 0. The monoisotopic (exact) mass is 281 g/mol. The molecule has 1 unspecified atom stereocenters. The second-order valence-corrected chi connectivity index (χ2v) is 3.93. The van der Waals surface area contributed by atoms with Gasteiger partial charge < -0.3 is 10.1 Å². The summed E-state index contributed by atoms with van der Waals surface area (Å²) in [6.07, 6.45) is -9.30. The molecule has 0 radical (unpaired) electrons. The van der Waals surface area contributed by atoms with E-state index in [0.717, 1.165) is 0 Å². The van der Waals surface area contributed by atoms with Crippen molar-refractivity contribution in [3.8, 4) is 0 Å². The summed E-state index contributed by atoms with van der Waals surface area (Å²) in [5, 5.41) is 2.64. The van der Waals surface area contributed by atoms with Crippen LogP contribution in [0.1, 0.15) is 26.2 Å². The molecule has 0 bridgehead atoms. The largest absolute Gasteiger partial charge is 0.411 e. The van der Waals surface area contributed by atoms with Crippen molar-refractivity contribution < 1.29 is 31.1 Å². The van der Waals surface area contributed by atoms with Crippen LogP contribution in [0.25, 0.3) is 0 Å². The van der Waals surface area contributed by atoms with E-state index in [1.165, 1.54) is 0 Å². The quantitative estimate of drug-likeness (QED) is 0.544. The highest BCUT2D eigenvalue weighted by Gasteiger charge is 2.32. The smallest absolute Gasteiger partial charge is 0.372 e. The van der Waals surface area contributed by atoms with Gasteiger partial charge in [0.1, 0.15) is 6.61 Å². The first-order valence-corrected chi connectivity index (χ1v) is 5.58. The summed E-state index contributed by atoms with van der Waals surface area (Å²) in [5.74, 6) is 0. The molecule has 1 atom stereocenters. The summed E-state index contributed by atoms with van der Waals surface area (Å²) < 4.78 is 76.0. The van der Waals surface area contributed by atoms with E-state index in [1.54, 1.807) is 6.92 Å². The molecule has 0 amide bonds. The van der Waals surface area contributed by atoms with Gasteiger partial charge in [0.05, 0.1) is 6.42 Å². The molecule has 110 valence electrons. The maximum absolute atomic E-state index is 12.2. The van der Waals surface area contributed by atoms with Gasteiger partial charge in [0.25, 0.3) is 0 Å².